The van der Waals surface area contributed by atoms with E-state index in [1.165, 1.54) is 49.3 Å². The van der Waals surface area contributed by atoms with Crippen molar-refractivity contribution in [2.24, 2.45) is 0 Å². The molecule has 0 spiro atoms. The van der Waals surface area contributed by atoms with Crippen LogP contribution in [0.4, 0.5) is 11.5 Å². The summed E-state index contributed by atoms with van der Waals surface area (Å²) >= 11 is 0. The minimum atomic E-state index is 0.225. The smallest absolute Gasteiger partial charge is 0.149 e. The Hall–Kier alpha value is -6.45. The van der Waals surface area contributed by atoms with Gasteiger partial charge in [-0.3, -0.25) is 4.90 Å². The fourth-order valence-corrected chi connectivity index (χ4v) is 7.65. The van der Waals surface area contributed by atoms with Gasteiger partial charge in [-0.1, -0.05) is 127 Å². The van der Waals surface area contributed by atoms with Gasteiger partial charge in [0, 0.05) is 28.9 Å². The summed E-state index contributed by atoms with van der Waals surface area (Å²) in [5.74, 6) is 1.09. The summed E-state index contributed by atoms with van der Waals surface area (Å²) in [6.45, 7) is 0. The molecule has 2 heterocycles. The number of nitrogens with zero attached hydrogens (tertiary/aromatic N) is 2. The van der Waals surface area contributed by atoms with E-state index >= 15 is 0 Å². The summed E-state index contributed by atoms with van der Waals surface area (Å²) in [6.07, 6.45) is 9.47. The van der Waals surface area contributed by atoms with Gasteiger partial charge in [0.05, 0.1) is 5.39 Å². The molecule has 10 rings (SSSR count). The maximum Gasteiger partial charge on any atom is 0.149 e. The Morgan fingerprint density at radius 2 is 1.20 bits per heavy atom. The molecule has 0 saturated carbocycles. The van der Waals surface area contributed by atoms with Crippen LogP contribution in [0.1, 0.15) is 17.9 Å². The number of fused-ring (bicyclic) bond motifs is 6. The van der Waals surface area contributed by atoms with E-state index in [0.717, 1.165) is 45.3 Å². The van der Waals surface area contributed by atoms with Crippen LogP contribution in [0.15, 0.2) is 186 Å². The lowest BCUT2D eigenvalue weighted by atomic mass is 9.89. The lowest BCUT2D eigenvalue weighted by molar-refractivity contribution is 0.669. The van der Waals surface area contributed by atoms with Crippen LogP contribution in [0.3, 0.4) is 0 Å². The molecule has 7 aromatic carbocycles. The Balaban J connectivity index is 1.12. The van der Waals surface area contributed by atoms with E-state index in [1.54, 1.807) is 0 Å². The highest BCUT2D eigenvalue weighted by atomic mass is 16.3. The molecule has 0 saturated heterocycles. The van der Waals surface area contributed by atoms with Gasteiger partial charge in [0.2, 0.25) is 0 Å². The highest BCUT2D eigenvalue weighted by Gasteiger charge is 2.25. The molecule has 0 bridgehead atoms. The SMILES string of the molecule is C1=CC(c2ccc3ccccc3c2)CC(N(c2ccc(-c3ccc4ccccc4c3)cc2)c2nccc3oc4cc5ccccc5cc4c23)=C1. The number of hydrogen-bond donors (Lipinski definition) is 0. The first-order valence-corrected chi connectivity index (χ1v) is 17.2. The van der Waals surface area contributed by atoms with Crippen LogP contribution >= 0.6 is 0 Å². The molecule has 0 amide bonds. The molecule has 3 nitrogen and oxygen atoms in total. The van der Waals surface area contributed by atoms with Crippen LogP contribution in [0.2, 0.25) is 0 Å². The molecule has 1 aliphatic rings. The van der Waals surface area contributed by atoms with Gasteiger partial charge in [0.1, 0.15) is 17.0 Å². The second-order valence-corrected chi connectivity index (χ2v) is 13.2. The standard InChI is InChI=1S/C47H32N2O/c1-3-10-34-26-39(18-16-31(34)8-1)33-20-22-41(23-21-33)49(42-15-7-14-36(28-42)40-19-17-32-9-2-4-11-35(32)27-40)47-46-43-29-37-12-5-6-13-38(37)30-45(43)50-44(46)24-25-48-47/h1-27,29-30,36H,28H2. The maximum absolute atomic E-state index is 6.52. The van der Waals surface area contributed by atoms with Gasteiger partial charge in [-0.2, -0.15) is 0 Å². The molecule has 0 aliphatic heterocycles. The van der Waals surface area contributed by atoms with Crippen LogP contribution in [0.25, 0.3) is 65.4 Å². The molecule has 0 N–H and O–H groups in total. The van der Waals surface area contributed by atoms with Crippen LogP contribution < -0.4 is 4.90 Å². The quantitative estimate of drug-likeness (QED) is 0.187. The molecule has 1 aliphatic carbocycles. The van der Waals surface area contributed by atoms with Gasteiger partial charge >= 0.3 is 0 Å². The van der Waals surface area contributed by atoms with Crippen molar-refractivity contribution in [2.75, 3.05) is 4.90 Å². The zero-order valence-corrected chi connectivity index (χ0v) is 27.3. The summed E-state index contributed by atoms with van der Waals surface area (Å²) in [6, 6.07) is 54.4. The fraction of sp³-hybridized carbons (Fsp3) is 0.0426. The van der Waals surface area contributed by atoms with E-state index in [-0.39, 0.29) is 5.92 Å². The molecule has 1 unspecified atom stereocenters. The fourth-order valence-electron chi connectivity index (χ4n) is 7.65. The molecule has 9 aromatic rings. The van der Waals surface area contributed by atoms with E-state index < -0.39 is 0 Å². The number of rotatable bonds is 5. The Morgan fingerprint density at radius 3 is 1.96 bits per heavy atom. The van der Waals surface area contributed by atoms with Crippen molar-refractivity contribution in [2.45, 2.75) is 12.3 Å². The summed E-state index contributed by atoms with van der Waals surface area (Å²) in [5.41, 5.74) is 7.62. The lowest BCUT2D eigenvalue weighted by Gasteiger charge is -2.31. The van der Waals surface area contributed by atoms with Crippen molar-refractivity contribution in [1.82, 2.24) is 4.98 Å². The van der Waals surface area contributed by atoms with Crippen molar-refractivity contribution >= 4 is 65.8 Å². The normalized spacial score (nSPS) is 14.6. The largest absolute Gasteiger partial charge is 0.456 e. The number of aromatic nitrogens is 1. The van der Waals surface area contributed by atoms with Crippen molar-refractivity contribution < 1.29 is 4.42 Å². The van der Waals surface area contributed by atoms with E-state index in [1.807, 2.05) is 12.3 Å². The van der Waals surface area contributed by atoms with E-state index in [0.29, 0.717) is 0 Å². The number of allylic oxidation sites excluding steroid dienone is 4. The third kappa shape index (κ3) is 4.86. The monoisotopic (exact) mass is 640 g/mol. The Kier molecular flexibility index (Phi) is 6.63. The van der Waals surface area contributed by atoms with Crippen LogP contribution in [-0.2, 0) is 0 Å². The van der Waals surface area contributed by atoms with Crippen molar-refractivity contribution in [3.05, 3.63) is 187 Å². The Labute approximate surface area is 290 Å². The highest BCUT2D eigenvalue weighted by molar-refractivity contribution is 6.15. The first-order valence-electron chi connectivity index (χ1n) is 17.2. The molecule has 3 heteroatoms. The topological polar surface area (TPSA) is 29.3 Å². The number of anilines is 2. The van der Waals surface area contributed by atoms with Gasteiger partial charge in [-0.05, 0) is 97.9 Å². The molecular weight excluding hydrogens is 609 g/mol. The average molecular weight is 641 g/mol. The van der Waals surface area contributed by atoms with Crippen LogP contribution in [-0.4, -0.2) is 4.98 Å². The minimum absolute atomic E-state index is 0.225. The lowest BCUT2D eigenvalue weighted by Crippen LogP contribution is -2.20. The third-order valence-corrected chi connectivity index (χ3v) is 10.2. The van der Waals surface area contributed by atoms with E-state index in [9.17, 15) is 0 Å². The predicted molar refractivity (Wildman–Crippen MR) is 209 cm³/mol. The maximum atomic E-state index is 6.52. The molecule has 0 fully saturated rings. The van der Waals surface area contributed by atoms with Gasteiger partial charge in [-0.15, -0.1) is 0 Å². The van der Waals surface area contributed by atoms with Crippen molar-refractivity contribution in [1.29, 1.82) is 0 Å². The first-order chi connectivity index (χ1) is 24.7. The number of benzene rings is 7. The molecule has 50 heavy (non-hydrogen) atoms. The molecule has 1 atom stereocenters. The molecular formula is C47H32N2O. The van der Waals surface area contributed by atoms with Crippen LogP contribution in [0.5, 0.6) is 0 Å². The average Bonchev–Trinajstić information content (AvgIpc) is 3.55. The van der Waals surface area contributed by atoms with E-state index in [4.69, 9.17) is 9.40 Å². The second kappa shape index (κ2) is 11.6. The number of pyridine rings is 1. The van der Waals surface area contributed by atoms with Gasteiger partial charge < -0.3 is 4.42 Å². The van der Waals surface area contributed by atoms with Gasteiger partial charge in [0.25, 0.3) is 0 Å². The zero-order chi connectivity index (χ0) is 33.0. The summed E-state index contributed by atoms with van der Waals surface area (Å²) < 4.78 is 6.52. The van der Waals surface area contributed by atoms with Gasteiger partial charge in [0.15, 0.2) is 0 Å². The Morgan fingerprint density at radius 1 is 0.560 bits per heavy atom. The second-order valence-electron chi connectivity index (χ2n) is 13.2. The summed E-state index contributed by atoms with van der Waals surface area (Å²) in [4.78, 5) is 7.46. The zero-order valence-electron chi connectivity index (χ0n) is 27.3. The van der Waals surface area contributed by atoms with Crippen molar-refractivity contribution in [3.63, 3.8) is 0 Å². The summed E-state index contributed by atoms with van der Waals surface area (Å²) in [5, 5.41) is 9.44. The van der Waals surface area contributed by atoms with Crippen LogP contribution in [0, 0.1) is 0 Å². The molecule has 0 radical (unpaired) electrons. The van der Waals surface area contributed by atoms with E-state index in [2.05, 4.69) is 169 Å². The Bertz CT molecular complexity index is 2810. The van der Waals surface area contributed by atoms with Gasteiger partial charge in [-0.25, -0.2) is 4.98 Å². The first kappa shape index (κ1) is 28.6. The summed E-state index contributed by atoms with van der Waals surface area (Å²) in [7, 11) is 0. The third-order valence-electron chi connectivity index (χ3n) is 10.2. The highest BCUT2D eigenvalue weighted by Crippen LogP contribution is 2.43. The minimum Gasteiger partial charge on any atom is -0.456 e. The number of furan rings is 1. The predicted octanol–water partition coefficient (Wildman–Crippen LogP) is 12.9. The number of hydrogen-bond acceptors (Lipinski definition) is 3. The van der Waals surface area contributed by atoms with Crippen molar-refractivity contribution in [3.8, 4) is 11.1 Å². The molecule has 2 aromatic heterocycles. The molecule has 236 valence electrons.